The molecule has 1 aromatic carbocycles. The van der Waals surface area contributed by atoms with Crippen molar-refractivity contribution >= 4 is 5.69 Å². The number of anilines is 1. The highest BCUT2D eigenvalue weighted by molar-refractivity contribution is 5.57. The van der Waals surface area contributed by atoms with Crippen molar-refractivity contribution in [3.05, 3.63) is 29.6 Å². The minimum atomic E-state index is -0.489. The van der Waals surface area contributed by atoms with Crippen molar-refractivity contribution in [3.8, 4) is 6.07 Å². The molecule has 1 fully saturated rings. The van der Waals surface area contributed by atoms with Crippen molar-refractivity contribution < 1.29 is 9.13 Å². The first-order valence-corrected chi connectivity index (χ1v) is 7.50. The average Bonchev–Trinajstić information content (AvgIpc) is 2.49. The molecular formula is C16H22FN3O. The maximum atomic E-state index is 13.4. The van der Waals surface area contributed by atoms with E-state index in [-0.39, 0.29) is 5.56 Å². The Kier molecular flexibility index (Phi) is 5.97. The summed E-state index contributed by atoms with van der Waals surface area (Å²) in [6.07, 6.45) is 5.31. The van der Waals surface area contributed by atoms with Gasteiger partial charge in [0.15, 0.2) is 0 Å². The summed E-state index contributed by atoms with van der Waals surface area (Å²) in [4.78, 5) is 0. The van der Waals surface area contributed by atoms with Crippen LogP contribution in [0.15, 0.2) is 18.2 Å². The fourth-order valence-corrected chi connectivity index (χ4v) is 2.59. The molecule has 1 saturated carbocycles. The molecule has 0 spiro atoms. The largest absolute Gasteiger partial charge is 0.384 e. The molecule has 0 radical (unpaired) electrons. The standard InChI is InChI=1S/C16H22FN3O/c17-15-3-1-4-16(14(15)11-18)20-9-2-10-21-13-7-5-12(19)6-8-13/h1,3-4,12-13,20H,2,5-10,19H2. The molecule has 2 rings (SSSR count). The molecule has 1 aromatic rings. The first-order valence-electron chi connectivity index (χ1n) is 7.50. The van der Waals surface area contributed by atoms with Crippen molar-refractivity contribution in [2.45, 2.75) is 44.2 Å². The minimum absolute atomic E-state index is 0.0692. The van der Waals surface area contributed by atoms with E-state index >= 15 is 0 Å². The molecule has 5 heteroatoms. The third-order valence-corrected chi connectivity index (χ3v) is 3.83. The lowest BCUT2D eigenvalue weighted by Gasteiger charge is -2.26. The van der Waals surface area contributed by atoms with Crippen LogP contribution in [0.5, 0.6) is 0 Å². The van der Waals surface area contributed by atoms with Gasteiger partial charge in [-0.1, -0.05) is 6.07 Å². The van der Waals surface area contributed by atoms with Crippen LogP contribution in [0.2, 0.25) is 0 Å². The third kappa shape index (κ3) is 4.69. The quantitative estimate of drug-likeness (QED) is 0.791. The van der Waals surface area contributed by atoms with E-state index in [2.05, 4.69) is 5.32 Å². The summed E-state index contributed by atoms with van der Waals surface area (Å²) in [7, 11) is 0. The third-order valence-electron chi connectivity index (χ3n) is 3.83. The van der Waals surface area contributed by atoms with Gasteiger partial charge in [0.25, 0.3) is 0 Å². The number of halogens is 1. The molecule has 1 aliphatic rings. The SMILES string of the molecule is N#Cc1c(F)cccc1NCCCOC1CCC(N)CC1. The Morgan fingerprint density at radius 1 is 1.33 bits per heavy atom. The first-order chi connectivity index (χ1) is 10.2. The summed E-state index contributed by atoms with van der Waals surface area (Å²) in [6.45, 7) is 1.33. The van der Waals surface area contributed by atoms with Crippen molar-refractivity contribution in [1.29, 1.82) is 5.26 Å². The molecule has 3 N–H and O–H groups in total. The van der Waals surface area contributed by atoms with E-state index in [1.807, 2.05) is 6.07 Å². The molecular weight excluding hydrogens is 269 g/mol. The Hall–Kier alpha value is -1.64. The van der Waals surface area contributed by atoms with Gasteiger partial charge in [0.1, 0.15) is 17.4 Å². The Morgan fingerprint density at radius 3 is 2.81 bits per heavy atom. The van der Waals surface area contributed by atoms with Crippen molar-refractivity contribution in [3.63, 3.8) is 0 Å². The number of ether oxygens (including phenoxy) is 1. The van der Waals surface area contributed by atoms with Crippen LogP contribution in [-0.2, 0) is 4.74 Å². The lowest BCUT2D eigenvalue weighted by atomic mass is 9.94. The highest BCUT2D eigenvalue weighted by Crippen LogP contribution is 2.20. The van der Waals surface area contributed by atoms with E-state index in [1.54, 1.807) is 12.1 Å². The summed E-state index contributed by atoms with van der Waals surface area (Å²) in [5.74, 6) is -0.489. The van der Waals surface area contributed by atoms with Gasteiger partial charge in [-0.25, -0.2) is 4.39 Å². The zero-order valence-electron chi connectivity index (χ0n) is 12.1. The topological polar surface area (TPSA) is 71.1 Å². The number of nitrogens with one attached hydrogen (secondary N) is 1. The maximum absolute atomic E-state index is 13.4. The Morgan fingerprint density at radius 2 is 2.10 bits per heavy atom. The Balaban J connectivity index is 1.66. The number of nitriles is 1. The van der Waals surface area contributed by atoms with Crippen molar-refractivity contribution in [2.75, 3.05) is 18.5 Å². The molecule has 114 valence electrons. The van der Waals surface area contributed by atoms with Gasteiger partial charge in [0, 0.05) is 19.2 Å². The van der Waals surface area contributed by atoms with Crippen LogP contribution in [0, 0.1) is 17.1 Å². The number of nitrogens with zero attached hydrogens (tertiary/aromatic N) is 1. The summed E-state index contributed by atoms with van der Waals surface area (Å²) in [6, 6.07) is 6.82. The minimum Gasteiger partial charge on any atom is -0.384 e. The first kappa shape index (κ1) is 15.7. The van der Waals surface area contributed by atoms with Crippen LogP contribution >= 0.6 is 0 Å². The molecule has 1 aliphatic carbocycles. The van der Waals surface area contributed by atoms with Crippen LogP contribution in [0.25, 0.3) is 0 Å². The average molecular weight is 291 g/mol. The predicted molar refractivity (Wildman–Crippen MR) is 80.4 cm³/mol. The number of hydrogen-bond donors (Lipinski definition) is 2. The van der Waals surface area contributed by atoms with Crippen molar-refractivity contribution in [1.82, 2.24) is 0 Å². The Labute approximate surface area is 125 Å². The zero-order valence-corrected chi connectivity index (χ0v) is 12.1. The van der Waals surface area contributed by atoms with E-state index in [1.165, 1.54) is 6.07 Å². The lowest BCUT2D eigenvalue weighted by Crippen LogP contribution is -2.30. The van der Waals surface area contributed by atoms with E-state index in [9.17, 15) is 4.39 Å². The lowest BCUT2D eigenvalue weighted by molar-refractivity contribution is 0.0251. The van der Waals surface area contributed by atoms with Crippen LogP contribution in [0.4, 0.5) is 10.1 Å². The van der Waals surface area contributed by atoms with E-state index < -0.39 is 5.82 Å². The molecule has 0 aliphatic heterocycles. The van der Waals surface area contributed by atoms with E-state index in [0.29, 0.717) is 31.0 Å². The summed E-state index contributed by atoms with van der Waals surface area (Å²) < 4.78 is 19.2. The van der Waals surface area contributed by atoms with Gasteiger partial charge in [0.2, 0.25) is 0 Å². The van der Waals surface area contributed by atoms with Crippen LogP contribution < -0.4 is 11.1 Å². The molecule has 4 nitrogen and oxygen atoms in total. The molecule has 0 saturated heterocycles. The second kappa shape index (κ2) is 7.96. The van der Waals surface area contributed by atoms with Gasteiger partial charge in [-0.3, -0.25) is 0 Å². The second-order valence-electron chi connectivity index (χ2n) is 5.46. The monoisotopic (exact) mass is 291 g/mol. The summed E-state index contributed by atoms with van der Waals surface area (Å²) in [5, 5.41) is 12.0. The van der Waals surface area contributed by atoms with E-state index in [4.69, 9.17) is 15.7 Å². The molecule has 0 atom stereocenters. The highest BCUT2D eigenvalue weighted by Gasteiger charge is 2.18. The molecule has 21 heavy (non-hydrogen) atoms. The van der Waals surface area contributed by atoms with Crippen molar-refractivity contribution in [2.24, 2.45) is 5.73 Å². The summed E-state index contributed by atoms with van der Waals surface area (Å²) in [5.41, 5.74) is 6.47. The smallest absolute Gasteiger partial charge is 0.143 e. The fourth-order valence-electron chi connectivity index (χ4n) is 2.59. The van der Waals surface area contributed by atoms with Gasteiger partial charge in [-0.2, -0.15) is 5.26 Å². The molecule has 0 amide bonds. The van der Waals surface area contributed by atoms with Gasteiger partial charge >= 0.3 is 0 Å². The predicted octanol–water partition coefficient (Wildman–Crippen LogP) is 2.79. The van der Waals surface area contributed by atoms with E-state index in [0.717, 1.165) is 32.1 Å². The molecule has 0 bridgehead atoms. The number of nitrogens with two attached hydrogens (primary N) is 1. The van der Waals surface area contributed by atoms with Crippen LogP contribution in [-0.4, -0.2) is 25.3 Å². The molecule has 0 aromatic heterocycles. The van der Waals surface area contributed by atoms with Gasteiger partial charge in [-0.05, 0) is 44.2 Å². The highest BCUT2D eigenvalue weighted by atomic mass is 19.1. The van der Waals surface area contributed by atoms with Gasteiger partial charge < -0.3 is 15.8 Å². The molecule has 0 heterocycles. The number of rotatable bonds is 6. The molecule has 0 unspecified atom stereocenters. The normalized spacial score (nSPS) is 21.8. The maximum Gasteiger partial charge on any atom is 0.143 e. The zero-order chi connectivity index (χ0) is 15.1. The number of hydrogen-bond acceptors (Lipinski definition) is 4. The van der Waals surface area contributed by atoms with Gasteiger partial charge in [0.05, 0.1) is 11.8 Å². The second-order valence-corrected chi connectivity index (χ2v) is 5.46. The van der Waals surface area contributed by atoms with Crippen LogP contribution in [0.3, 0.4) is 0 Å². The van der Waals surface area contributed by atoms with Gasteiger partial charge in [-0.15, -0.1) is 0 Å². The van der Waals surface area contributed by atoms with Crippen LogP contribution in [0.1, 0.15) is 37.7 Å². The summed E-state index contributed by atoms with van der Waals surface area (Å²) >= 11 is 0. The fraction of sp³-hybridized carbons (Fsp3) is 0.562. The Bertz CT molecular complexity index is 493. The number of benzene rings is 1.